The Morgan fingerprint density at radius 3 is 2.38 bits per heavy atom. The summed E-state index contributed by atoms with van der Waals surface area (Å²) >= 11 is 1.26. The van der Waals surface area contributed by atoms with E-state index in [9.17, 15) is 13.2 Å². The first-order valence-corrected chi connectivity index (χ1v) is 13.0. The molecule has 34 heavy (non-hydrogen) atoms. The molecule has 3 aromatic rings. The van der Waals surface area contributed by atoms with E-state index in [2.05, 4.69) is 10.3 Å². The standard InChI is InChI=1S/C24H25N3O5S2/c1-31-20-9-7-19(8-10-20)26-24(28)23(18-5-3-2-4-6-18)33-22-12-11-21(17-25-22)34(29,30)27-13-15-32-16-14-27/h2-12,17,23H,13-16H2,1H3,(H,26,28)/t23-/m0/s1. The van der Waals surface area contributed by atoms with Gasteiger partial charge in [-0.1, -0.05) is 42.1 Å². The SMILES string of the molecule is COc1ccc(NC(=O)[C@@H](Sc2ccc(S(=O)(=O)N3CCOCC3)cn2)c2ccccc2)cc1. The van der Waals surface area contributed by atoms with Gasteiger partial charge in [0.25, 0.3) is 0 Å². The van der Waals surface area contributed by atoms with Gasteiger partial charge in [0, 0.05) is 25.0 Å². The van der Waals surface area contributed by atoms with Gasteiger partial charge < -0.3 is 14.8 Å². The normalized spacial score (nSPS) is 15.4. The number of hydrogen-bond acceptors (Lipinski definition) is 7. The van der Waals surface area contributed by atoms with Gasteiger partial charge >= 0.3 is 0 Å². The number of carbonyl (C=O) groups excluding carboxylic acids is 1. The number of ether oxygens (including phenoxy) is 2. The molecule has 1 N–H and O–H groups in total. The molecule has 1 aliphatic heterocycles. The van der Waals surface area contributed by atoms with Crippen molar-refractivity contribution in [3.05, 3.63) is 78.5 Å². The van der Waals surface area contributed by atoms with Crippen LogP contribution in [0.15, 0.2) is 82.8 Å². The lowest BCUT2D eigenvalue weighted by Gasteiger charge is -2.25. The third-order valence-electron chi connectivity index (χ3n) is 5.25. The van der Waals surface area contributed by atoms with Crippen LogP contribution >= 0.6 is 11.8 Å². The second-order valence-electron chi connectivity index (χ2n) is 7.47. The van der Waals surface area contributed by atoms with Crippen molar-refractivity contribution in [3.63, 3.8) is 0 Å². The van der Waals surface area contributed by atoms with Crippen molar-refractivity contribution >= 4 is 33.4 Å². The van der Waals surface area contributed by atoms with Gasteiger partial charge in [0.05, 0.1) is 25.3 Å². The van der Waals surface area contributed by atoms with E-state index in [-0.39, 0.29) is 10.8 Å². The first-order valence-electron chi connectivity index (χ1n) is 10.7. The molecule has 2 aromatic carbocycles. The first-order chi connectivity index (χ1) is 16.5. The van der Waals surface area contributed by atoms with E-state index in [1.807, 2.05) is 30.3 Å². The maximum Gasteiger partial charge on any atom is 0.244 e. The van der Waals surface area contributed by atoms with Crippen molar-refractivity contribution in [2.45, 2.75) is 15.2 Å². The lowest BCUT2D eigenvalue weighted by molar-refractivity contribution is -0.115. The van der Waals surface area contributed by atoms with Gasteiger partial charge in [-0.25, -0.2) is 13.4 Å². The number of sulfonamides is 1. The molecule has 0 saturated carbocycles. The Morgan fingerprint density at radius 2 is 1.76 bits per heavy atom. The number of benzene rings is 2. The number of amides is 1. The van der Waals surface area contributed by atoms with Gasteiger partial charge in [-0.15, -0.1) is 0 Å². The molecule has 0 spiro atoms. The van der Waals surface area contributed by atoms with Gasteiger partial charge in [0.15, 0.2) is 0 Å². The number of anilines is 1. The van der Waals surface area contributed by atoms with Crippen LogP contribution in [0.1, 0.15) is 10.8 Å². The van der Waals surface area contributed by atoms with Crippen LogP contribution in [-0.4, -0.2) is 57.0 Å². The third-order valence-corrected chi connectivity index (χ3v) is 8.34. The number of pyridine rings is 1. The molecule has 0 radical (unpaired) electrons. The molecule has 8 nitrogen and oxygen atoms in total. The fourth-order valence-corrected chi connectivity index (χ4v) is 5.74. The predicted octanol–water partition coefficient (Wildman–Crippen LogP) is 3.58. The first kappa shape index (κ1) is 24.2. The summed E-state index contributed by atoms with van der Waals surface area (Å²) in [6, 6.07) is 19.6. The largest absolute Gasteiger partial charge is 0.497 e. The second kappa shape index (κ2) is 11.0. The van der Waals surface area contributed by atoms with Crippen LogP contribution in [0, 0.1) is 0 Å². The van der Waals surface area contributed by atoms with E-state index in [1.165, 1.54) is 28.3 Å². The van der Waals surface area contributed by atoms with Gasteiger partial charge in [-0.05, 0) is 42.0 Å². The van der Waals surface area contributed by atoms with Crippen LogP contribution in [0.25, 0.3) is 0 Å². The molecule has 2 heterocycles. The zero-order valence-corrected chi connectivity index (χ0v) is 20.2. The zero-order chi connectivity index (χ0) is 24.0. The highest BCUT2D eigenvalue weighted by molar-refractivity contribution is 8.00. The monoisotopic (exact) mass is 499 g/mol. The Morgan fingerprint density at radius 1 is 1.06 bits per heavy atom. The number of aromatic nitrogens is 1. The quantitative estimate of drug-likeness (QED) is 0.473. The summed E-state index contributed by atoms with van der Waals surface area (Å²) in [7, 11) is -2.05. The highest BCUT2D eigenvalue weighted by atomic mass is 32.2. The summed E-state index contributed by atoms with van der Waals surface area (Å²) in [5.41, 5.74) is 1.46. The Balaban J connectivity index is 1.52. The number of morpholine rings is 1. The molecule has 4 rings (SSSR count). The van der Waals surface area contributed by atoms with Crippen molar-refractivity contribution in [1.29, 1.82) is 0 Å². The van der Waals surface area contributed by atoms with Crippen molar-refractivity contribution in [2.75, 3.05) is 38.7 Å². The van der Waals surface area contributed by atoms with E-state index in [0.29, 0.717) is 42.8 Å². The summed E-state index contributed by atoms with van der Waals surface area (Å²) in [4.78, 5) is 17.7. The number of thioether (sulfide) groups is 1. The average molecular weight is 500 g/mol. The summed E-state index contributed by atoms with van der Waals surface area (Å²) in [5.74, 6) is 0.483. The molecule has 1 aliphatic rings. The van der Waals surface area contributed by atoms with Crippen molar-refractivity contribution < 1.29 is 22.7 Å². The molecule has 0 aliphatic carbocycles. The van der Waals surface area contributed by atoms with Gasteiger partial charge in [0.1, 0.15) is 15.9 Å². The fourth-order valence-electron chi connectivity index (χ4n) is 3.43. The van der Waals surface area contributed by atoms with E-state index in [1.54, 1.807) is 37.4 Å². The van der Waals surface area contributed by atoms with Gasteiger partial charge in [-0.2, -0.15) is 4.31 Å². The summed E-state index contributed by atoms with van der Waals surface area (Å²) in [6.45, 7) is 1.40. The number of nitrogens with one attached hydrogen (secondary N) is 1. The van der Waals surface area contributed by atoms with Crippen LogP contribution in [0.2, 0.25) is 0 Å². The van der Waals surface area contributed by atoms with Crippen molar-refractivity contribution in [1.82, 2.24) is 9.29 Å². The van der Waals surface area contributed by atoms with Crippen molar-refractivity contribution in [2.24, 2.45) is 0 Å². The molecule has 1 saturated heterocycles. The molecule has 0 bridgehead atoms. The van der Waals surface area contributed by atoms with Crippen molar-refractivity contribution in [3.8, 4) is 5.75 Å². The van der Waals surface area contributed by atoms with Crippen LogP contribution < -0.4 is 10.1 Å². The fraction of sp³-hybridized carbons (Fsp3) is 0.250. The van der Waals surface area contributed by atoms with Crippen LogP contribution in [0.4, 0.5) is 5.69 Å². The minimum absolute atomic E-state index is 0.123. The molecular formula is C24H25N3O5S2. The van der Waals surface area contributed by atoms with Crippen LogP contribution in [-0.2, 0) is 19.6 Å². The third kappa shape index (κ3) is 5.76. The molecule has 1 fully saturated rings. The second-order valence-corrected chi connectivity index (χ2v) is 10.5. The van der Waals surface area contributed by atoms with E-state index >= 15 is 0 Å². The lowest BCUT2D eigenvalue weighted by atomic mass is 10.1. The molecule has 10 heteroatoms. The Bertz CT molecular complexity index is 1200. The number of nitrogens with zero attached hydrogens (tertiary/aromatic N) is 2. The lowest BCUT2D eigenvalue weighted by Crippen LogP contribution is -2.40. The smallest absolute Gasteiger partial charge is 0.244 e. The van der Waals surface area contributed by atoms with Crippen LogP contribution in [0.3, 0.4) is 0 Å². The molecular weight excluding hydrogens is 474 g/mol. The van der Waals surface area contributed by atoms with Gasteiger partial charge in [0.2, 0.25) is 15.9 Å². The summed E-state index contributed by atoms with van der Waals surface area (Å²) in [6.07, 6.45) is 1.34. The minimum Gasteiger partial charge on any atom is -0.497 e. The molecule has 1 atom stereocenters. The molecule has 1 aromatic heterocycles. The zero-order valence-electron chi connectivity index (χ0n) is 18.6. The summed E-state index contributed by atoms with van der Waals surface area (Å²) < 4.78 is 37.5. The summed E-state index contributed by atoms with van der Waals surface area (Å²) in [5, 5.41) is 2.89. The number of hydrogen-bond donors (Lipinski definition) is 1. The molecule has 178 valence electrons. The topological polar surface area (TPSA) is 97.8 Å². The Hall–Kier alpha value is -2.92. The van der Waals surface area contributed by atoms with E-state index in [4.69, 9.17) is 9.47 Å². The average Bonchev–Trinajstić information content (AvgIpc) is 2.89. The molecule has 0 unspecified atom stereocenters. The maximum absolute atomic E-state index is 13.2. The Labute approximate surface area is 203 Å². The Kier molecular flexibility index (Phi) is 7.84. The molecule has 1 amide bonds. The number of carbonyl (C=O) groups is 1. The number of methoxy groups -OCH3 is 1. The highest BCUT2D eigenvalue weighted by Gasteiger charge is 2.27. The van der Waals surface area contributed by atoms with Crippen LogP contribution in [0.5, 0.6) is 5.75 Å². The van der Waals surface area contributed by atoms with Gasteiger partial charge in [-0.3, -0.25) is 4.79 Å². The number of rotatable bonds is 8. The minimum atomic E-state index is -3.63. The highest BCUT2D eigenvalue weighted by Crippen LogP contribution is 2.35. The van der Waals surface area contributed by atoms with E-state index < -0.39 is 15.3 Å². The predicted molar refractivity (Wildman–Crippen MR) is 130 cm³/mol. The van der Waals surface area contributed by atoms with E-state index in [0.717, 1.165) is 5.56 Å². The maximum atomic E-state index is 13.2.